The highest BCUT2D eigenvalue weighted by molar-refractivity contribution is 14.0. The summed E-state index contributed by atoms with van der Waals surface area (Å²) in [5.41, 5.74) is 0. The highest BCUT2D eigenvalue weighted by atomic mass is 127. The van der Waals surface area contributed by atoms with E-state index in [4.69, 9.17) is 0 Å². The third-order valence-electron chi connectivity index (χ3n) is 3.29. The summed E-state index contributed by atoms with van der Waals surface area (Å²) in [6.45, 7) is 6.20. The summed E-state index contributed by atoms with van der Waals surface area (Å²) in [7, 11) is 3.22. The van der Waals surface area contributed by atoms with E-state index in [2.05, 4.69) is 40.5 Å². The molecule has 0 bridgehead atoms. The van der Waals surface area contributed by atoms with Crippen LogP contribution in [0.1, 0.15) is 46.0 Å². The van der Waals surface area contributed by atoms with Gasteiger partial charge >= 0.3 is 5.97 Å². The number of hydrogen-bond donors (Lipinski definition) is 2. The fraction of sp³-hybridized carbons (Fsp3) is 0.867. The van der Waals surface area contributed by atoms with Gasteiger partial charge < -0.3 is 15.4 Å². The third-order valence-corrected chi connectivity index (χ3v) is 4.54. The molecule has 0 unspecified atom stereocenters. The molecule has 0 fully saturated rings. The van der Waals surface area contributed by atoms with Crippen LogP contribution in [-0.2, 0) is 9.53 Å². The molecule has 2 N–H and O–H groups in total. The first-order valence-electron chi connectivity index (χ1n) is 7.51. The summed E-state index contributed by atoms with van der Waals surface area (Å²) >= 11 is 1.84. The van der Waals surface area contributed by atoms with Crippen molar-refractivity contribution in [2.45, 2.75) is 50.7 Å². The third kappa shape index (κ3) is 13.5. The second-order valence-corrected chi connectivity index (χ2v) is 7.07. The second kappa shape index (κ2) is 14.4. The molecule has 0 rings (SSSR count). The maximum atomic E-state index is 10.9. The number of aliphatic imine (C=N–C) groups is 1. The normalized spacial score (nSPS) is 11.6. The van der Waals surface area contributed by atoms with Crippen LogP contribution in [0.4, 0.5) is 0 Å². The van der Waals surface area contributed by atoms with E-state index in [1.165, 1.54) is 7.11 Å². The molecule has 0 amide bonds. The molecule has 0 spiro atoms. The molecular formula is C15H32IN3O2S. The topological polar surface area (TPSA) is 62.7 Å². The predicted octanol–water partition coefficient (Wildman–Crippen LogP) is 3.03. The molecule has 0 radical (unpaired) electrons. The summed E-state index contributed by atoms with van der Waals surface area (Å²) < 4.78 is 4.81. The van der Waals surface area contributed by atoms with E-state index < -0.39 is 0 Å². The van der Waals surface area contributed by atoms with Crippen molar-refractivity contribution in [3.05, 3.63) is 0 Å². The minimum atomic E-state index is -0.117. The van der Waals surface area contributed by atoms with Crippen LogP contribution < -0.4 is 10.6 Å². The lowest BCUT2D eigenvalue weighted by Crippen LogP contribution is -2.43. The summed E-state index contributed by atoms with van der Waals surface area (Å²) in [4.78, 5) is 15.2. The predicted molar refractivity (Wildman–Crippen MR) is 107 cm³/mol. The van der Waals surface area contributed by atoms with Crippen molar-refractivity contribution in [1.82, 2.24) is 10.6 Å². The Kier molecular flexibility index (Phi) is 15.8. The molecule has 22 heavy (non-hydrogen) atoms. The zero-order valence-electron chi connectivity index (χ0n) is 14.5. The number of rotatable bonds is 10. The number of nitrogens with one attached hydrogen (secondary N) is 2. The molecule has 0 saturated heterocycles. The van der Waals surface area contributed by atoms with Crippen molar-refractivity contribution >= 4 is 47.7 Å². The van der Waals surface area contributed by atoms with Gasteiger partial charge in [0.05, 0.1) is 7.11 Å². The number of guanidine groups is 1. The number of carbonyl (C=O) groups is 1. The number of ether oxygens (including phenoxy) is 1. The van der Waals surface area contributed by atoms with Crippen LogP contribution in [0.5, 0.6) is 0 Å². The first-order valence-corrected chi connectivity index (χ1v) is 8.74. The van der Waals surface area contributed by atoms with Gasteiger partial charge in [-0.1, -0.05) is 12.8 Å². The van der Waals surface area contributed by atoms with E-state index in [9.17, 15) is 4.79 Å². The molecule has 0 saturated carbocycles. The summed E-state index contributed by atoms with van der Waals surface area (Å²) in [6.07, 6.45) is 6.79. The van der Waals surface area contributed by atoms with Crippen LogP contribution in [-0.4, -0.2) is 50.2 Å². The van der Waals surface area contributed by atoms with Crippen molar-refractivity contribution in [1.29, 1.82) is 0 Å². The number of carbonyl (C=O) groups excluding carboxylic acids is 1. The number of halogens is 1. The molecule has 7 heteroatoms. The molecule has 0 atom stereocenters. The Morgan fingerprint density at radius 1 is 1.18 bits per heavy atom. The molecule has 0 aromatic carbocycles. The fourth-order valence-electron chi connectivity index (χ4n) is 1.65. The van der Waals surface area contributed by atoms with Gasteiger partial charge in [-0.2, -0.15) is 11.8 Å². The Labute approximate surface area is 156 Å². The smallest absolute Gasteiger partial charge is 0.305 e. The van der Waals surface area contributed by atoms with Crippen LogP contribution in [0.3, 0.4) is 0 Å². The van der Waals surface area contributed by atoms with Gasteiger partial charge in [0.1, 0.15) is 0 Å². The van der Waals surface area contributed by atoms with E-state index in [0.29, 0.717) is 6.42 Å². The summed E-state index contributed by atoms with van der Waals surface area (Å²) in [5.74, 6) is 0.737. The average Bonchev–Trinajstić information content (AvgIpc) is 2.48. The quantitative estimate of drug-likeness (QED) is 0.178. The number of nitrogens with zero attached hydrogens (tertiary/aromatic N) is 1. The van der Waals surface area contributed by atoms with Gasteiger partial charge in [0, 0.05) is 31.3 Å². The van der Waals surface area contributed by atoms with E-state index in [0.717, 1.165) is 44.7 Å². The number of hydrogen-bond acceptors (Lipinski definition) is 4. The molecule has 5 nitrogen and oxygen atoms in total. The molecule has 0 heterocycles. The molecule has 0 aromatic heterocycles. The zero-order valence-corrected chi connectivity index (χ0v) is 17.7. The van der Waals surface area contributed by atoms with Crippen LogP contribution in [0.2, 0.25) is 0 Å². The average molecular weight is 445 g/mol. The zero-order chi connectivity index (χ0) is 16.1. The maximum Gasteiger partial charge on any atom is 0.305 e. The van der Waals surface area contributed by atoms with Crippen molar-refractivity contribution in [3.63, 3.8) is 0 Å². The number of esters is 1. The number of methoxy groups -OCH3 is 1. The molecule has 0 aromatic rings. The summed E-state index contributed by atoms with van der Waals surface area (Å²) in [6, 6.07) is 0. The lowest BCUT2D eigenvalue weighted by atomic mass is 10.1. The van der Waals surface area contributed by atoms with Crippen molar-refractivity contribution < 1.29 is 9.53 Å². The van der Waals surface area contributed by atoms with Crippen molar-refractivity contribution in [3.8, 4) is 0 Å². The Morgan fingerprint density at radius 2 is 1.82 bits per heavy atom. The maximum absolute atomic E-state index is 10.9. The van der Waals surface area contributed by atoms with Gasteiger partial charge in [0.15, 0.2) is 5.96 Å². The highest BCUT2D eigenvalue weighted by Crippen LogP contribution is 2.19. The molecule has 0 aliphatic rings. The highest BCUT2D eigenvalue weighted by Gasteiger charge is 2.15. The van der Waals surface area contributed by atoms with E-state index in [-0.39, 0.29) is 34.7 Å². The Morgan fingerprint density at radius 3 is 2.36 bits per heavy atom. The van der Waals surface area contributed by atoms with Crippen LogP contribution in [0.25, 0.3) is 0 Å². The van der Waals surface area contributed by atoms with Gasteiger partial charge in [-0.25, -0.2) is 0 Å². The van der Waals surface area contributed by atoms with Gasteiger partial charge in [-0.15, -0.1) is 24.0 Å². The number of thioether (sulfide) groups is 1. The number of unbranched alkanes of at least 4 members (excludes halogenated alkanes) is 3. The standard InChI is InChI=1S/C15H31N3O2S.HI/c1-15(2,21-5)12-18-14(16-3)17-11-9-7-6-8-10-13(19)20-4;/h6-12H2,1-5H3,(H2,16,17,18);1H. The second-order valence-electron chi connectivity index (χ2n) is 5.56. The van der Waals surface area contributed by atoms with E-state index in [1.807, 2.05) is 11.8 Å². The minimum Gasteiger partial charge on any atom is -0.469 e. The fourth-order valence-corrected chi connectivity index (χ4v) is 1.86. The van der Waals surface area contributed by atoms with Crippen LogP contribution in [0, 0.1) is 0 Å². The molecular weight excluding hydrogens is 413 g/mol. The molecule has 0 aliphatic carbocycles. The Bertz CT molecular complexity index is 326. The largest absolute Gasteiger partial charge is 0.469 e. The minimum absolute atomic E-state index is 0. The molecule has 0 aliphatic heterocycles. The van der Waals surface area contributed by atoms with E-state index >= 15 is 0 Å². The van der Waals surface area contributed by atoms with Gasteiger partial charge in [0.25, 0.3) is 0 Å². The monoisotopic (exact) mass is 445 g/mol. The van der Waals surface area contributed by atoms with Gasteiger partial charge in [-0.05, 0) is 32.9 Å². The van der Waals surface area contributed by atoms with Crippen molar-refractivity contribution in [2.24, 2.45) is 4.99 Å². The van der Waals surface area contributed by atoms with Crippen LogP contribution >= 0.6 is 35.7 Å². The lowest BCUT2D eigenvalue weighted by molar-refractivity contribution is -0.140. The molecule has 132 valence electrons. The van der Waals surface area contributed by atoms with Crippen molar-refractivity contribution in [2.75, 3.05) is 33.5 Å². The van der Waals surface area contributed by atoms with Gasteiger partial charge in [0.2, 0.25) is 0 Å². The first-order chi connectivity index (χ1) is 9.95. The Hall–Kier alpha value is -0.180. The first kappa shape index (κ1) is 24.1. The van der Waals surface area contributed by atoms with E-state index in [1.54, 1.807) is 7.05 Å². The SMILES string of the molecule is CN=C(NCCCCCCC(=O)OC)NCC(C)(C)SC.I. The van der Waals surface area contributed by atoms with Gasteiger partial charge in [-0.3, -0.25) is 9.79 Å². The summed E-state index contributed by atoms with van der Waals surface area (Å²) in [5, 5.41) is 6.66. The van der Waals surface area contributed by atoms with Crippen LogP contribution in [0.15, 0.2) is 4.99 Å². The lowest BCUT2D eigenvalue weighted by Gasteiger charge is -2.23. The Balaban J connectivity index is 0.